The maximum atomic E-state index is 14.0. The normalized spacial score (nSPS) is 26.9. The SMILES string of the molecule is CN(C)c1cc(CCC(=O)C2CCCN2)c(O)c2c1C[C@H]1C[C@@H]3C(C(=O)C(C(N)=O)=C(O)C3N(C)C)C(=O)C1=C2O.O. The molecular weight excluding hydrogens is 544 g/mol. The number of carbonyl (C=O) groups is 4. The summed E-state index contributed by atoms with van der Waals surface area (Å²) in [5.74, 6) is -5.95. The number of anilines is 1. The summed E-state index contributed by atoms with van der Waals surface area (Å²) in [5.41, 5.74) is 6.92. The molecule has 1 heterocycles. The number of nitrogens with one attached hydrogen (secondary N) is 1. The Morgan fingerprint density at radius 2 is 1.79 bits per heavy atom. The van der Waals surface area contributed by atoms with Gasteiger partial charge in [0.1, 0.15) is 28.6 Å². The molecule has 228 valence electrons. The number of rotatable bonds is 7. The quantitative estimate of drug-likeness (QED) is 0.219. The number of hydrogen-bond donors (Lipinski definition) is 5. The van der Waals surface area contributed by atoms with Crippen LogP contribution in [0.2, 0.25) is 0 Å². The van der Waals surface area contributed by atoms with Gasteiger partial charge in [0.05, 0.1) is 23.6 Å². The van der Waals surface area contributed by atoms with Crippen LogP contribution in [0.3, 0.4) is 0 Å². The second-order valence-electron chi connectivity index (χ2n) is 12.1. The number of benzene rings is 1. The van der Waals surface area contributed by atoms with Gasteiger partial charge in [0, 0.05) is 31.8 Å². The van der Waals surface area contributed by atoms with Gasteiger partial charge >= 0.3 is 0 Å². The van der Waals surface area contributed by atoms with Crippen LogP contribution in [0.1, 0.15) is 42.4 Å². The first-order chi connectivity index (χ1) is 19.3. The number of Topliss-reactive ketones (excluding diaryl/α,β-unsaturated/α-hetero) is 3. The number of amides is 1. The number of carbonyl (C=O) groups excluding carboxylic acids is 4. The number of aliphatic hydroxyl groups excluding tert-OH is 2. The highest BCUT2D eigenvalue weighted by atomic mass is 16.3. The lowest BCUT2D eigenvalue weighted by atomic mass is 9.59. The van der Waals surface area contributed by atoms with Gasteiger partial charge in [-0.25, -0.2) is 0 Å². The van der Waals surface area contributed by atoms with E-state index in [1.165, 1.54) is 0 Å². The van der Waals surface area contributed by atoms with Crippen LogP contribution in [0.15, 0.2) is 23.0 Å². The summed E-state index contributed by atoms with van der Waals surface area (Å²) in [6.45, 7) is 0.803. The Labute approximate surface area is 244 Å². The molecule has 5 rings (SSSR count). The Morgan fingerprint density at radius 3 is 2.36 bits per heavy atom. The van der Waals surface area contributed by atoms with Crippen LogP contribution < -0.4 is 16.0 Å². The summed E-state index contributed by atoms with van der Waals surface area (Å²) >= 11 is 0. The van der Waals surface area contributed by atoms with E-state index >= 15 is 0 Å². The topological polar surface area (TPSA) is 205 Å². The van der Waals surface area contributed by atoms with E-state index in [-0.39, 0.29) is 59.2 Å². The summed E-state index contributed by atoms with van der Waals surface area (Å²) in [4.78, 5) is 55.8. The molecule has 12 heteroatoms. The number of primary amides is 1. The highest BCUT2D eigenvalue weighted by Crippen LogP contribution is 2.52. The zero-order valence-electron chi connectivity index (χ0n) is 24.4. The van der Waals surface area contributed by atoms with Gasteiger partial charge in [-0.15, -0.1) is 0 Å². The lowest BCUT2D eigenvalue weighted by molar-refractivity contribution is -0.136. The monoisotopic (exact) mass is 584 g/mol. The molecule has 3 unspecified atom stereocenters. The first-order valence-corrected chi connectivity index (χ1v) is 14.1. The number of aromatic hydroxyl groups is 1. The van der Waals surface area contributed by atoms with E-state index in [0.29, 0.717) is 17.5 Å². The predicted octanol–water partition coefficient (Wildman–Crippen LogP) is 0.344. The van der Waals surface area contributed by atoms with Crippen LogP contribution in [0.4, 0.5) is 5.69 Å². The van der Waals surface area contributed by atoms with Crippen molar-refractivity contribution in [1.29, 1.82) is 0 Å². The van der Waals surface area contributed by atoms with E-state index in [4.69, 9.17) is 5.73 Å². The van der Waals surface area contributed by atoms with Gasteiger partial charge in [0.25, 0.3) is 5.91 Å². The molecule has 1 saturated carbocycles. The average molecular weight is 585 g/mol. The second kappa shape index (κ2) is 11.5. The first-order valence-electron chi connectivity index (χ1n) is 14.1. The summed E-state index contributed by atoms with van der Waals surface area (Å²) in [6, 6.07) is 0.852. The molecule has 1 aliphatic heterocycles. The molecule has 1 aromatic rings. The molecule has 2 fully saturated rings. The van der Waals surface area contributed by atoms with Gasteiger partial charge in [-0.2, -0.15) is 0 Å². The standard InChI is InChI=1S/C30H38N4O7.H2O/c1-33(2)18-12-13(7-8-19(35)17-6-5-9-32-17)25(36)21-15(18)10-14-11-16-22(27(38)20(14)26(21)37)28(39)23(30(31)41)29(40)24(16)34(3)4;/h12,14,16-17,22,24,32,36-37,40H,5-11H2,1-4H3,(H2,31,41);1H2/t14-,16+,17?,22?,24?;/m0./s1. The number of nitrogens with two attached hydrogens (primary N) is 1. The first kappa shape index (κ1) is 31.2. The third-order valence-corrected chi connectivity index (χ3v) is 9.19. The van der Waals surface area contributed by atoms with Crippen LogP contribution in [-0.4, -0.2) is 95.8 Å². The predicted molar refractivity (Wildman–Crippen MR) is 155 cm³/mol. The van der Waals surface area contributed by atoms with Gasteiger partial charge in [-0.3, -0.25) is 24.1 Å². The molecule has 1 amide bonds. The Kier molecular flexibility index (Phi) is 8.55. The minimum atomic E-state index is -1.30. The molecule has 5 atom stereocenters. The number of fused-ring (bicyclic) bond motifs is 3. The fraction of sp³-hybridized carbons (Fsp3) is 0.533. The smallest absolute Gasteiger partial charge is 0.255 e. The number of likely N-dealkylation sites (N-methyl/N-ethyl adjacent to an activating group) is 1. The minimum Gasteiger partial charge on any atom is -0.510 e. The molecule has 1 aromatic carbocycles. The highest BCUT2D eigenvalue weighted by molar-refractivity contribution is 6.28. The fourth-order valence-corrected chi connectivity index (χ4v) is 7.35. The van der Waals surface area contributed by atoms with Crippen molar-refractivity contribution >= 4 is 34.7 Å². The fourth-order valence-electron chi connectivity index (χ4n) is 7.35. The van der Waals surface area contributed by atoms with E-state index in [1.54, 1.807) is 19.0 Å². The van der Waals surface area contributed by atoms with E-state index in [2.05, 4.69) is 5.32 Å². The molecule has 4 aliphatic rings. The number of aliphatic hydroxyl groups is 2. The van der Waals surface area contributed by atoms with Gasteiger partial charge in [-0.1, -0.05) is 0 Å². The minimum absolute atomic E-state index is 0. The third-order valence-electron chi connectivity index (χ3n) is 9.19. The zero-order chi connectivity index (χ0) is 29.9. The number of phenols is 1. The lowest BCUT2D eigenvalue weighted by Gasteiger charge is -2.46. The van der Waals surface area contributed by atoms with Gasteiger partial charge in [0.2, 0.25) is 0 Å². The van der Waals surface area contributed by atoms with Gasteiger partial charge < -0.3 is 36.7 Å². The van der Waals surface area contributed by atoms with Gasteiger partial charge in [-0.05, 0) is 81.8 Å². The molecule has 1 saturated heterocycles. The highest BCUT2D eigenvalue weighted by Gasteiger charge is 2.56. The van der Waals surface area contributed by atoms with Crippen molar-refractivity contribution in [3.8, 4) is 5.75 Å². The Bertz CT molecular complexity index is 1410. The number of aryl methyl sites for hydroxylation is 1. The molecular formula is C30H40N4O8. The summed E-state index contributed by atoms with van der Waals surface area (Å²) in [7, 11) is 7.07. The molecule has 8 N–H and O–H groups in total. The maximum absolute atomic E-state index is 14.0. The van der Waals surface area contributed by atoms with Crippen molar-refractivity contribution < 1.29 is 40.0 Å². The van der Waals surface area contributed by atoms with Crippen molar-refractivity contribution in [2.45, 2.75) is 50.6 Å². The van der Waals surface area contributed by atoms with E-state index in [0.717, 1.165) is 25.1 Å². The number of ketones is 3. The Balaban J connectivity index is 0.00000405. The molecule has 0 radical (unpaired) electrons. The van der Waals surface area contributed by atoms with Crippen LogP contribution in [0, 0.1) is 17.8 Å². The Morgan fingerprint density at radius 1 is 1.10 bits per heavy atom. The van der Waals surface area contributed by atoms with Crippen molar-refractivity contribution in [2.75, 3.05) is 39.6 Å². The van der Waals surface area contributed by atoms with Crippen molar-refractivity contribution in [3.05, 3.63) is 39.7 Å². The molecule has 0 bridgehead atoms. The van der Waals surface area contributed by atoms with Crippen LogP contribution >= 0.6 is 0 Å². The maximum Gasteiger partial charge on any atom is 0.255 e. The van der Waals surface area contributed by atoms with Crippen molar-refractivity contribution in [3.63, 3.8) is 0 Å². The third kappa shape index (κ3) is 4.87. The lowest BCUT2D eigenvalue weighted by Crippen LogP contribution is -2.55. The van der Waals surface area contributed by atoms with Crippen LogP contribution in [0.5, 0.6) is 5.75 Å². The second-order valence-corrected chi connectivity index (χ2v) is 12.1. The van der Waals surface area contributed by atoms with Gasteiger partial charge in [0.15, 0.2) is 11.6 Å². The number of allylic oxidation sites excluding steroid dienone is 1. The van der Waals surface area contributed by atoms with E-state index in [9.17, 15) is 34.5 Å². The largest absolute Gasteiger partial charge is 0.510 e. The summed E-state index contributed by atoms with van der Waals surface area (Å²) in [5, 5.41) is 37.1. The van der Waals surface area contributed by atoms with Crippen LogP contribution in [-0.2, 0) is 32.0 Å². The summed E-state index contributed by atoms with van der Waals surface area (Å²) < 4.78 is 0. The zero-order valence-corrected chi connectivity index (χ0v) is 24.4. The van der Waals surface area contributed by atoms with Crippen molar-refractivity contribution in [1.82, 2.24) is 10.2 Å². The van der Waals surface area contributed by atoms with E-state index in [1.807, 2.05) is 25.1 Å². The number of phenolic OH excluding ortho intramolecular Hbond substituents is 1. The molecule has 12 nitrogen and oxygen atoms in total. The average Bonchev–Trinajstić information content (AvgIpc) is 3.42. The number of nitrogens with zero attached hydrogens (tertiary/aromatic N) is 2. The molecule has 0 spiro atoms. The molecule has 0 aromatic heterocycles. The van der Waals surface area contributed by atoms with Crippen LogP contribution in [0.25, 0.3) is 5.76 Å². The number of hydrogen-bond acceptors (Lipinski definition) is 10. The Hall–Kier alpha value is -3.74. The van der Waals surface area contributed by atoms with E-state index < -0.39 is 52.6 Å². The molecule has 42 heavy (non-hydrogen) atoms. The summed E-state index contributed by atoms with van der Waals surface area (Å²) in [6.07, 6.45) is 2.81. The van der Waals surface area contributed by atoms with Crippen molar-refractivity contribution in [2.24, 2.45) is 23.5 Å². The molecule has 3 aliphatic carbocycles.